The molecule has 1 atom stereocenters. The van der Waals surface area contributed by atoms with Crippen molar-refractivity contribution in [3.63, 3.8) is 0 Å². The molecular weight excluding hydrogens is 302 g/mol. The monoisotopic (exact) mass is 325 g/mol. The van der Waals surface area contributed by atoms with Crippen LogP contribution in [-0.4, -0.2) is 26.0 Å². The minimum Gasteiger partial charge on any atom is -0.448 e. The van der Waals surface area contributed by atoms with Crippen molar-refractivity contribution >= 4 is 6.09 Å². The number of carbonyl (C=O) groups excluding carboxylic acids is 1. The Labute approximate surface area is 142 Å². The first-order chi connectivity index (χ1) is 11.6. The fraction of sp³-hybridized carbons (Fsp3) is 0.350. The maximum absolute atomic E-state index is 12.1. The number of fused-ring (bicyclic) bond motifs is 3. The molecule has 0 bridgehead atoms. The molecule has 24 heavy (non-hydrogen) atoms. The minimum absolute atomic E-state index is 0.0724. The average Bonchev–Trinajstić information content (AvgIpc) is 2.91. The van der Waals surface area contributed by atoms with Crippen LogP contribution in [0.2, 0.25) is 0 Å². The molecule has 4 heteroatoms. The second kappa shape index (κ2) is 7.05. The predicted molar refractivity (Wildman–Crippen MR) is 93.8 cm³/mol. The van der Waals surface area contributed by atoms with Gasteiger partial charge in [0.2, 0.25) is 0 Å². The Kier molecular flexibility index (Phi) is 4.86. The Bertz CT molecular complexity index is 681. The fourth-order valence-electron chi connectivity index (χ4n) is 3.25. The lowest BCUT2D eigenvalue weighted by Crippen LogP contribution is -2.40. The summed E-state index contributed by atoms with van der Waals surface area (Å²) in [5, 5.41) is 2.75. The summed E-state index contributed by atoms with van der Waals surface area (Å²) in [5.41, 5.74) is 4.86. The van der Waals surface area contributed by atoms with Gasteiger partial charge < -0.3 is 9.47 Å². The van der Waals surface area contributed by atoms with Crippen LogP contribution in [0.3, 0.4) is 0 Å². The van der Waals surface area contributed by atoms with Gasteiger partial charge in [0.1, 0.15) is 12.8 Å². The molecule has 126 valence electrons. The summed E-state index contributed by atoms with van der Waals surface area (Å²) in [6, 6.07) is 16.6. The van der Waals surface area contributed by atoms with Gasteiger partial charge in [-0.25, -0.2) is 4.79 Å². The molecule has 0 radical (unpaired) electrons. The minimum atomic E-state index is -0.447. The number of rotatable bonds is 5. The first-order valence-electron chi connectivity index (χ1n) is 8.26. The summed E-state index contributed by atoms with van der Waals surface area (Å²) >= 11 is 0. The number of methoxy groups -OCH3 is 1. The van der Waals surface area contributed by atoms with Gasteiger partial charge in [-0.1, -0.05) is 62.4 Å². The van der Waals surface area contributed by atoms with Crippen molar-refractivity contribution in [3.8, 4) is 11.1 Å². The second-order valence-corrected chi connectivity index (χ2v) is 6.37. The molecule has 0 spiro atoms. The Balaban J connectivity index is 1.73. The van der Waals surface area contributed by atoms with E-state index in [-0.39, 0.29) is 18.1 Å². The zero-order chi connectivity index (χ0) is 17.1. The Morgan fingerprint density at radius 2 is 1.58 bits per heavy atom. The summed E-state index contributed by atoms with van der Waals surface area (Å²) in [6.07, 6.45) is -0.793. The number of hydrogen-bond donors (Lipinski definition) is 1. The average molecular weight is 325 g/mol. The predicted octanol–water partition coefficient (Wildman–Crippen LogP) is 4.15. The topological polar surface area (TPSA) is 47.6 Å². The van der Waals surface area contributed by atoms with E-state index in [0.717, 1.165) is 0 Å². The molecule has 0 heterocycles. The van der Waals surface area contributed by atoms with E-state index in [4.69, 9.17) is 9.47 Å². The quantitative estimate of drug-likeness (QED) is 0.840. The lowest BCUT2D eigenvalue weighted by atomic mass is 9.98. The van der Waals surface area contributed by atoms with Crippen LogP contribution >= 0.6 is 0 Å². The van der Waals surface area contributed by atoms with E-state index in [0.29, 0.717) is 6.61 Å². The Morgan fingerprint density at radius 3 is 2.08 bits per heavy atom. The maximum Gasteiger partial charge on any atom is 0.409 e. The highest BCUT2D eigenvalue weighted by Gasteiger charge is 2.29. The van der Waals surface area contributed by atoms with Gasteiger partial charge in [-0.2, -0.15) is 0 Å². The van der Waals surface area contributed by atoms with E-state index in [1.165, 1.54) is 22.3 Å². The lowest BCUT2D eigenvalue weighted by molar-refractivity contribution is 0.0317. The number of amides is 1. The van der Waals surface area contributed by atoms with Crippen molar-refractivity contribution in [1.29, 1.82) is 0 Å². The van der Waals surface area contributed by atoms with Crippen molar-refractivity contribution in [2.24, 2.45) is 5.92 Å². The highest BCUT2D eigenvalue weighted by Crippen LogP contribution is 2.44. The van der Waals surface area contributed by atoms with E-state index in [1.807, 2.05) is 38.1 Å². The SMILES string of the molecule is COC(NC(=O)OCC1c2ccccc2-c2ccccc21)C(C)C. The van der Waals surface area contributed by atoms with Gasteiger partial charge in [-0.3, -0.25) is 5.32 Å². The van der Waals surface area contributed by atoms with Crippen molar-refractivity contribution in [1.82, 2.24) is 5.32 Å². The third-order valence-corrected chi connectivity index (χ3v) is 4.46. The second-order valence-electron chi connectivity index (χ2n) is 6.37. The highest BCUT2D eigenvalue weighted by molar-refractivity contribution is 5.79. The molecule has 1 amide bonds. The van der Waals surface area contributed by atoms with Gasteiger partial charge in [-0.15, -0.1) is 0 Å². The lowest BCUT2D eigenvalue weighted by Gasteiger charge is -2.21. The van der Waals surface area contributed by atoms with Crippen molar-refractivity contribution < 1.29 is 14.3 Å². The van der Waals surface area contributed by atoms with Crippen molar-refractivity contribution in [2.45, 2.75) is 26.0 Å². The zero-order valence-electron chi connectivity index (χ0n) is 14.3. The van der Waals surface area contributed by atoms with Gasteiger partial charge >= 0.3 is 6.09 Å². The number of hydrogen-bond acceptors (Lipinski definition) is 3. The van der Waals surface area contributed by atoms with Crippen molar-refractivity contribution in [3.05, 3.63) is 59.7 Å². The maximum atomic E-state index is 12.1. The normalized spacial score (nSPS) is 14.2. The molecule has 0 aromatic heterocycles. The summed E-state index contributed by atoms with van der Waals surface area (Å²) in [7, 11) is 1.58. The van der Waals surface area contributed by atoms with Gasteiger partial charge in [0.15, 0.2) is 0 Å². The molecule has 4 nitrogen and oxygen atoms in total. The van der Waals surface area contributed by atoms with Gasteiger partial charge in [-0.05, 0) is 28.2 Å². The molecule has 1 unspecified atom stereocenters. The van der Waals surface area contributed by atoms with Crippen LogP contribution in [0.15, 0.2) is 48.5 Å². The third-order valence-electron chi connectivity index (χ3n) is 4.46. The zero-order valence-corrected chi connectivity index (χ0v) is 14.3. The molecule has 0 saturated carbocycles. The molecule has 1 aliphatic carbocycles. The number of carbonyl (C=O) groups is 1. The summed E-state index contributed by atoms with van der Waals surface area (Å²) < 4.78 is 10.7. The first-order valence-corrected chi connectivity index (χ1v) is 8.26. The van der Waals surface area contributed by atoms with Crippen LogP contribution in [0.25, 0.3) is 11.1 Å². The Morgan fingerprint density at radius 1 is 1.04 bits per heavy atom. The number of alkyl carbamates (subject to hydrolysis) is 1. The summed E-state index contributed by atoms with van der Waals surface area (Å²) in [5.74, 6) is 0.249. The number of ether oxygens (including phenoxy) is 2. The molecule has 1 N–H and O–H groups in total. The molecule has 2 aromatic carbocycles. The van der Waals surface area contributed by atoms with Crippen molar-refractivity contribution in [2.75, 3.05) is 13.7 Å². The number of nitrogens with one attached hydrogen (secondary N) is 1. The van der Waals surface area contributed by atoms with Crippen LogP contribution in [-0.2, 0) is 9.47 Å². The van der Waals surface area contributed by atoms with Crippen LogP contribution < -0.4 is 5.32 Å². The molecule has 3 rings (SSSR count). The molecule has 0 aliphatic heterocycles. The number of benzene rings is 2. The largest absolute Gasteiger partial charge is 0.448 e. The van der Waals surface area contributed by atoms with E-state index in [1.54, 1.807) is 7.11 Å². The molecule has 2 aromatic rings. The third kappa shape index (κ3) is 3.15. The standard InChI is InChI=1S/C20H23NO3/c1-13(2)19(23-3)21-20(22)24-12-18-16-10-6-4-8-14(16)15-9-5-7-11-17(15)18/h4-11,13,18-19H,12H2,1-3H3,(H,21,22). The summed E-state index contributed by atoms with van der Waals surface area (Å²) in [6.45, 7) is 4.28. The molecular formula is C20H23NO3. The molecule has 0 fully saturated rings. The van der Waals surface area contributed by atoms with E-state index in [2.05, 4.69) is 29.6 Å². The summed E-state index contributed by atoms with van der Waals surface area (Å²) in [4.78, 5) is 12.1. The van der Waals surface area contributed by atoms with Gasteiger partial charge in [0.25, 0.3) is 0 Å². The van der Waals surface area contributed by atoms with E-state index >= 15 is 0 Å². The Hall–Kier alpha value is -2.33. The smallest absolute Gasteiger partial charge is 0.409 e. The van der Waals surface area contributed by atoms with Gasteiger partial charge in [0.05, 0.1) is 0 Å². The van der Waals surface area contributed by atoms with E-state index in [9.17, 15) is 4.79 Å². The van der Waals surface area contributed by atoms with Crippen LogP contribution in [0.4, 0.5) is 4.79 Å². The molecule has 1 aliphatic rings. The highest BCUT2D eigenvalue weighted by atomic mass is 16.6. The molecule has 0 saturated heterocycles. The van der Waals surface area contributed by atoms with Crippen LogP contribution in [0, 0.1) is 5.92 Å². The fourth-order valence-corrected chi connectivity index (χ4v) is 3.25. The van der Waals surface area contributed by atoms with Crippen LogP contribution in [0.5, 0.6) is 0 Å². The van der Waals surface area contributed by atoms with E-state index < -0.39 is 6.09 Å². The first kappa shape index (κ1) is 16.5. The van der Waals surface area contributed by atoms with Gasteiger partial charge in [0, 0.05) is 13.0 Å². The van der Waals surface area contributed by atoms with Crippen LogP contribution in [0.1, 0.15) is 30.9 Å².